The van der Waals surface area contributed by atoms with Crippen LogP contribution in [0.2, 0.25) is 0 Å². The van der Waals surface area contributed by atoms with Crippen molar-refractivity contribution in [3.63, 3.8) is 0 Å². The van der Waals surface area contributed by atoms with Crippen molar-refractivity contribution >= 4 is 59.5 Å². The minimum Gasteiger partial charge on any atom is -0.348 e. The van der Waals surface area contributed by atoms with E-state index in [1.54, 1.807) is 31.3 Å². The van der Waals surface area contributed by atoms with Gasteiger partial charge in [0.25, 0.3) is 5.92 Å². The minimum atomic E-state index is -5.10. The lowest BCUT2D eigenvalue weighted by Gasteiger charge is -2.34. The summed E-state index contributed by atoms with van der Waals surface area (Å²) in [6.45, 7) is 2.73. The number of sulfonamides is 1. The Morgan fingerprint density at radius 3 is 2.33 bits per heavy atom. The van der Waals surface area contributed by atoms with Gasteiger partial charge in [-0.2, -0.15) is 37.1 Å². The van der Waals surface area contributed by atoms with E-state index in [9.17, 15) is 35.2 Å². The molecule has 3 atom stereocenters. The van der Waals surface area contributed by atoms with Crippen molar-refractivity contribution in [1.29, 1.82) is 0 Å². The molecule has 4 aromatic heterocycles. The largest absolute Gasteiger partial charge is 0.435 e. The van der Waals surface area contributed by atoms with Crippen LogP contribution in [-0.2, 0) is 46.9 Å². The van der Waals surface area contributed by atoms with Gasteiger partial charge in [-0.3, -0.25) is 18.9 Å². The lowest BCUT2D eigenvalue weighted by molar-refractivity contribution is -0.143. The fraction of sp³-hybridized carbons (Fsp3) is 0.439. The number of para-hydroxylation sites is 1. The first-order chi connectivity index (χ1) is 29.5. The number of halogens is 7. The van der Waals surface area contributed by atoms with Gasteiger partial charge in [0.05, 0.1) is 28.2 Å². The number of anilines is 2. The first-order valence-electron chi connectivity index (χ1n) is 20.0. The topological polar surface area (TPSA) is 143 Å². The second kappa shape index (κ2) is 16.0. The molecule has 0 unspecified atom stereocenters. The number of alkyl halides is 5. The van der Waals surface area contributed by atoms with Crippen molar-refractivity contribution in [2.75, 3.05) is 43.1 Å². The van der Waals surface area contributed by atoms with Crippen LogP contribution in [0.25, 0.3) is 32.4 Å². The van der Waals surface area contributed by atoms with E-state index in [4.69, 9.17) is 9.97 Å². The van der Waals surface area contributed by atoms with Gasteiger partial charge in [0.1, 0.15) is 23.9 Å². The zero-order valence-corrected chi connectivity index (χ0v) is 36.5. The number of benzene rings is 2. The number of nitrogens with one attached hydrogen (secondary N) is 2. The summed E-state index contributed by atoms with van der Waals surface area (Å²) < 4.78 is 133. The van der Waals surface area contributed by atoms with Crippen LogP contribution in [0.1, 0.15) is 66.9 Å². The molecule has 6 aromatic rings. The third-order valence-corrected chi connectivity index (χ3v) is 13.6. The van der Waals surface area contributed by atoms with E-state index in [0.29, 0.717) is 61.7 Å². The zero-order chi connectivity index (χ0) is 45.5. The molecule has 336 valence electrons. The zero-order valence-electron chi connectivity index (χ0n) is 34.9. The number of rotatable bonds is 11. The molecule has 2 N–H and O–H groups in total. The summed E-state index contributed by atoms with van der Waals surface area (Å²) in [4.78, 5) is 28.3. The number of carbonyl (C=O) groups is 1. The third kappa shape index (κ3) is 8.43. The summed E-state index contributed by atoms with van der Waals surface area (Å²) >= 11 is 1.37. The van der Waals surface area contributed by atoms with Crippen LogP contribution in [-0.4, -0.2) is 88.2 Å². The summed E-state index contributed by atoms with van der Waals surface area (Å²) in [6, 6.07) is 8.61. The van der Waals surface area contributed by atoms with E-state index in [1.807, 2.05) is 14.1 Å². The first kappa shape index (κ1) is 44.3. The molecule has 5 heterocycles. The number of pyridine rings is 1. The van der Waals surface area contributed by atoms with Crippen LogP contribution in [0.5, 0.6) is 0 Å². The second-order valence-corrected chi connectivity index (χ2v) is 19.3. The van der Waals surface area contributed by atoms with Crippen molar-refractivity contribution in [1.82, 2.24) is 39.7 Å². The summed E-state index contributed by atoms with van der Waals surface area (Å²) in [6.07, 6.45) is -2.70. The van der Waals surface area contributed by atoms with Gasteiger partial charge in [0.15, 0.2) is 22.3 Å². The molecule has 13 nitrogen and oxygen atoms in total. The molecule has 1 aliphatic heterocycles. The van der Waals surface area contributed by atoms with Gasteiger partial charge in [-0.25, -0.2) is 22.2 Å². The van der Waals surface area contributed by atoms with Crippen LogP contribution in [0, 0.1) is 17.6 Å². The van der Waals surface area contributed by atoms with Crippen molar-refractivity contribution in [3.05, 3.63) is 82.3 Å². The van der Waals surface area contributed by atoms with Crippen LogP contribution < -0.4 is 14.9 Å². The molecule has 2 aliphatic rings. The van der Waals surface area contributed by atoms with Gasteiger partial charge in [0, 0.05) is 60.2 Å². The molecule has 0 bridgehead atoms. The average molecular weight is 921 g/mol. The summed E-state index contributed by atoms with van der Waals surface area (Å²) in [5.74, 6) is -9.40. The summed E-state index contributed by atoms with van der Waals surface area (Å²) in [5, 5.41) is 11.7. The maximum atomic E-state index is 15.7. The quantitative estimate of drug-likeness (QED) is 0.126. The Balaban J connectivity index is 1.29. The number of amides is 1. The normalized spacial score (nSPS) is 18.7. The van der Waals surface area contributed by atoms with Gasteiger partial charge in [-0.05, 0) is 69.1 Å². The molecule has 22 heteroatoms. The van der Waals surface area contributed by atoms with Gasteiger partial charge in [-0.15, -0.1) is 0 Å². The Kier molecular flexibility index (Phi) is 11.3. The highest BCUT2D eigenvalue weighted by Gasteiger charge is 2.57. The molecule has 63 heavy (non-hydrogen) atoms. The molecular formula is C41H43F7N10O3S2. The SMILES string of the molecule is C[C@@H]1c2c(C(F)(F)F)nn(CC(=O)N[C@@H](Cc3cc(F)cc(F)c3)c3nc4nc(N5CCC(N(C)C)CC5)sc4cc3-c3cccc4c(NS(C)(=O)=O)nn(C)c34)c2C(F)(F)[C@@H]1C. The number of nitrogens with zero attached hydrogens (tertiary/aromatic N) is 8. The molecule has 0 spiro atoms. The summed E-state index contributed by atoms with van der Waals surface area (Å²) in [7, 11) is 1.87. The van der Waals surface area contributed by atoms with Crippen LogP contribution in [0.15, 0.2) is 42.5 Å². The van der Waals surface area contributed by atoms with Crippen LogP contribution in [0.3, 0.4) is 0 Å². The van der Waals surface area contributed by atoms with Crippen molar-refractivity contribution in [2.45, 2.75) is 69.8 Å². The number of aryl methyl sites for hydroxylation is 1. The average Bonchev–Trinajstić information content (AvgIpc) is 3.92. The predicted molar refractivity (Wildman–Crippen MR) is 224 cm³/mol. The lowest BCUT2D eigenvalue weighted by atomic mass is 9.94. The van der Waals surface area contributed by atoms with Crippen LogP contribution in [0.4, 0.5) is 41.7 Å². The standard InChI is InChI=1S/C41H43F7N10O3S2/c1-20-21(2)40(44,45)36-32(20)35(41(46,47)48)52-58(36)19-31(59)49-29(16-22-14-23(42)17-24(43)15-22)33-28(26-8-7-9-27-34(26)56(5)53-37(27)54-63(6,60)61)18-30-38(50-33)51-39(62-30)57-12-10-25(11-13-57)55(3)4/h7-9,14-15,17-18,20-21,25,29H,10-13,16,19H2,1-6H3,(H,49,59)(H,53,54)/t20-,21+,29-/m0/s1. The van der Waals surface area contributed by atoms with E-state index in [1.165, 1.54) is 22.9 Å². The smallest absolute Gasteiger partial charge is 0.348 e. The molecule has 8 rings (SSSR count). The summed E-state index contributed by atoms with van der Waals surface area (Å²) in [5.41, 5.74) is -1.56. The van der Waals surface area contributed by atoms with Gasteiger partial charge in [-0.1, -0.05) is 37.3 Å². The number of fused-ring (bicyclic) bond motifs is 3. The highest BCUT2D eigenvalue weighted by atomic mass is 32.2. The van der Waals surface area contributed by atoms with E-state index >= 15 is 8.78 Å². The molecule has 1 saturated heterocycles. The molecule has 1 amide bonds. The van der Waals surface area contributed by atoms with E-state index in [2.05, 4.69) is 30.0 Å². The third-order valence-electron chi connectivity index (χ3n) is 12.0. The fourth-order valence-electron chi connectivity index (χ4n) is 8.78. The number of carbonyl (C=O) groups excluding carboxylic acids is 1. The number of aromatic nitrogens is 6. The first-order valence-corrected chi connectivity index (χ1v) is 22.7. The Labute approximate surface area is 361 Å². The molecule has 1 aliphatic carbocycles. The molecule has 1 fully saturated rings. The minimum absolute atomic E-state index is 0.0270. The molecule has 0 radical (unpaired) electrons. The highest BCUT2D eigenvalue weighted by Crippen LogP contribution is 2.55. The highest BCUT2D eigenvalue weighted by molar-refractivity contribution is 7.92. The number of hydrogen-bond acceptors (Lipinski definition) is 10. The van der Waals surface area contributed by atoms with E-state index in [-0.39, 0.29) is 29.1 Å². The Bertz CT molecular complexity index is 2850. The number of piperidine rings is 1. The molecule has 2 aromatic carbocycles. The Morgan fingerprint density at radius 1 is 1.02 bits per heavy atom. The van der Waals surface area contributed by atoms with E-state index in [0.717, 1.165) is 38.2 Å². The van der Waals surface area contributed by atoms with Gasteiger partial charge in [0.2, 0.25) is 15.9 Å². The van der Waals surface area contributed by atoms with Crippen LogP contribution >= 0.6 is 11.3 Å². The maximum absolute atomic E-state index is 15.7. The monoisotopic (exact) mass is 920 g/mol. The van der Waals surface area contributed by atoms with Gasteiger partial charge >= 0.3 is 6.18 Å². The van der Waals surface area contributed by atoms with Crippen molar-refractivity contribution in [3.8, 4) is 11.1 Å². The Morgan fingerprint density at radius 2 is 1.70 bits per heavy atom. The lowest BCUT2D eigenvalue weighted by Crippen LogP contribution is -2.41. The maximum Gasteiger partial charge on any atom is 0.435 e. The molecule has 0 saturated carbocycles. The second-order valence-electron chi connectivity index (χ2n) is 16.5. The van der Waals surface area contributed by atoms with Crippen molar-refractivity contribution < 1.29 is 43.9 Å². The predicted octanol–water partition coefficient (Wildman–Crippen LogP) is 7.59. The Hall–Kier alpha value is -5.35. The number of hydrogen-bond donors (Lipinski definition) is 2. The fourth-order valence-corrected chi connectivity index (χ4v) is 10.3. The molecular weight excluding hydrogens is 878 g/mol. The van der Waals surface area contributed by atoms with E-state index < -0.39 is 81.0 Å². The van der Waals surface area contributed by atoms with Crippen molar-refractivity contribution in [2.24, 2.45) is 13.0 Å². The number of thiazole rings is 1. The van der Waals surface area contributed by atoms with Gasteiger partial charge < -0.3 is 15.1 Å².